The molecular formula is C14H17NO5. The van der Waals surface area contributed by atoms with Crippen LogP contribution in [0.15, 0.2) is 18.2 Å². The van der Waals surface area contributed by atoms with Crippen LogP contribution in [0.1, 0.15) is 30.1 Å². The zero-order valence-electron chi connectivity index (χ0n) is 11.1. The van der Waals surface area contributed by atoms with Crippen LogP contribution >= 0.6 is 0 Å². The molecule has 1 saturated heterocycles. The van der Waals surface area contributed by atoms with Crippen LogP contribution in [0, 0.1) is 5.92 Å². The molecule has 1 heterocycles. The van der Waals surface area contributed by atoms with E-state index in [9.17, 15) is 24.9 Å². The van der Waals surface area contributed by atoms with E-state index in [1.165, 1.54) is 23.1 Å². The summed E-state index contributed by atoms with van der Waals surface area (Å²) in [6.07, 6.45) is 1.43. The fraction of sp³-hybridized carbons (Fsp3) is 0.429. The summed E-state index contributed by atoms with van der Waals surface area (Å²) in [6, 6.07) is 3.05. The van der Waals surface area contributed by atoms with Gasteiger partial charge in [0.2, 0.25) is 0 Å². The van der Waals surface area contributed by atoms with Crippen molar-refractivity contribution in [2.24, 2.45) is 5.92 Å². The molecule has 1 amide bonds. The van der Waals surface area contributed by atoms with Gasteiger partial charge in [-0.3, -0.25) is 4.79 Å². The molecule has 2 rings (SSSR count). The average Bonchev–Trinajstić information content (AvgIpc) is 2.37. The highest BCUT2D eigenvalue weighted by atomic mass is 16.4. The van der Waals surface area contributed by atoms with Gasteiger partial charge in [-0.2, -0.15) is 0 Å². The number of carboxylic acid groups (broad SMARTS) is 1. The minimum atomic E-state index is -1.07. The molecule has 6 heteroatoms. The third kappa shape index (κ3) is 2.41. The van der Waals surface area contributed by atoms with Gasteiger partial charge < -0.3 is 20.2 Å². The molecule has 1 aliphatic heterocycles. The molecule has 0 bridgehead atoms. The van der Waals surface area contributed by atoms with E-state index in [1.54, 1.807) is 6.92 Å². The van der Waals surface area contributed by atoms with Crippen molar-refractivity contribution >= 4 is 11.9 Å². The SMILES string of the molecule is CC1CCCN(C(=O)c2c(O)cccc2O)C1C(=O)O. The number of nitrogens with zero attached hydrogens (tertiary/aromatic N) is 1. The Labute approximate surface area is 116 Å². The van der Waals surface area contributed by atoms with Crippen molar-refractivity contribution in [2.45, 2.75) is 25.8 Å². The molecule has 3 N–H and O–H groups in total. The number of aromatic hydroxyl groups is 2. The summed E-state index contributed by atoms with van der Waals surface area (Å²) < 4.78 is 0. The normalized spacial score (nSPS) is 22.6. The third-order valence-corrected chi connectivity index (χ3v) is 3.68. The minimum absolute atomic E-state index is 0.168. The fourth-order valence-electron chi connectivity index (χ4n) is 2.68. The quantitative estimate of drug-likeness (QED) is 0.760. The lowest BCUT2D eigenvalue weighted by atomic mass is 9.90. The van der Waals surface area contributed by atoms with Crippen LogP contribution in [-0.2, 0) is 4.79 Å². The number of carbonyl (C=O) groups excluding carboxylic acids is 1. The van der Waals surface area contributed by atoms with Gasteiger partial charge in [0.25, 0.3) is 5.91 Å². The van der Waals surface area contributed by atoms with Gasteiger partial charge in [-0.1, -0.05) is 13.0 Å². The highest BCUT2D eigenvalue weighted by Gasteiger charge is 2.38. The molecule has 6 nitrogen and oxygen atoms in total. The molecule has 0 saturated carbocycles. The van der Waals surface area contributed by atoms with Crippen LogP contribution in [-0.4, -0.2) is 44.7 Å². The maximum absolute atomic E-state index is 12.4. The lowest BCUT2D eigenvalue weighted by Crippen LogP contribution is -2.51. The van der Waals surface area contributed by atoms with Crippen LogP contribution in [0.25, 0.3) is 0 Å². The lowest BCUT2D eigenvalue weighted by molar-refractivity contribution is -0.145. The molecule has 1 aliphatic rings. The number of phenols is 2. The Kier molecular flexibility index (Phi) is 3.83. The van der Waals surface area contributed by atoms with Crippen LogP contribution in [0.2, 0.25) is 0 Å². The fourth-order valence-corrected chi connectivity index (χ4v) is 2.68. The van der Waals surface area contributed by atoms with E-state index in [0.29, 0.717) is 13.0 Å². The number of carboxylic acids is 1. The first kappa shape index (κ1) is 14.2. The highest BCUT2D eigenvalue weighted by molar-refractivity contribution is 6.01. The monoisotopic (exact) mass is 279 g/mol. The number of rotatable bonds is 2. The Balaban J connectivity index is 2.38. The van der Waals surface area contributed by atoms with Gasteiger partial charge >= 0.3 is 5.97 Å². The molecule has 1 aromatic rings. The Morgan fingerprint density at radius 3 is 2.40 bits per heavy atom. The number of likely N-dealkylation sites (tertiary alicyclic amines) is 1. The molecule has 1 aromatic carbocycles. The lowest BCUT2D eigenvalue weighted by Gasteiger charge is -2.37. The first-order valence-corrected chi connectivity index (χ1v) is 6.48. The second-order valence-corrected chi connectivity index (χ2v) is 5.07. The highest BCUT2D eigenvalue weighted by Crippen LogP contribution is 2.31. The predicted molar refractivity (Wildman–Crippen MR) is 70.6 cm³/mol. The topological polar surface area (TPSA) is 98.1 Å². The maximum atomic E-state index is 12.4. The number of hydrogen-bond acceptors (Lipinski definition) is 4. The summed E-state index contributed by atoms with van der Waals surface area (Å²) in [5, 5.41) is 28.8. The first-order valence-electron chi connectivity index (χ1n) is 6.48. The molecule has 0 aromatic heterocycles. The number of carbonyl (C=O) groups is 2. The van der Waals surface area contributed by atoms with Crippen LogP contribution in [0.4, 0.5) is 0 Å². The van der Waals surface area contributed by atoms with Gasteiger partial charge in [0.05, 0.1) is 0 Å². The number of benzene rings is 1. The van der Waals surface area contributed by atoms with Gasteiger partial charge in [-0.05, 0) is 30.9 Å². The Morgan fingerprint density at radius 2 is 1.85 bits per heavy atom. The summed E-state index contributed by atoms with van der Waals surface area (Å²) in [6.45, 7) is 2.08. The number of aliphatic carboxylic acids is 1. The summed E-state index contributed by atoms with van der Waals surface area (Å²) in [7, 11) is 0. The molecule has 0 spiro atoms. The van der Waals surface area contributed by atoms with Gasteiger partial charge in [-0.15, -0.1) is 0 Å². The largest absolute Gasteiger partial charge is 0.507 e. The van der Waals surface area contributed by atoms with Crippen LogP contribution < -0.4 is 0 Å². The molecule has 1 fully saturated rings. The van der Waals surface area contributed by atoms with Crippen molar-refractivity contribution in [2.75, 3.05) is 6.54 Å². The smallest absolute Gasteiger partial charge is 0.326 e. The van der Waals surface area contributed by atoms with E-state index in [1.807, 2.05) is 0 Å². The second-order valence-electron chi connectivity index (χ2n) is 5.07. The Bertz CT molecular complexity index is 522. The van der Waals surface area contributed by atoms with E-state index in [-0.39, 0.29) is 23.0 Å². The molecule has 2 unspecified atom stereocenters. The standard InChI is InChI=1S/C14H17NO5/c1-8-4-3-7-15(12(8)14(19)20)13(18)11-9(16)5-2-6-10(11)17/h2,5-6,8,12,16-17H,3-4,7H2,1H3,(H,19,20). The summed E-state index contributed by atoms with van der Waals surface area (Å²) in [4.78, 5) is 25.0. The molecule has 108 valence electrons. The number of phenolic OH excluding ortho intramolecular Hbond substituents is 2. The maximum Gasteiger partial charge on any atom is 0.326 e. The average molecular weight is 279 g/mol. The molecular weight excluding hydrogens is 262 g/mol. The van der Waals surface area contributed by atoms with Crippen molar-refractivity contribution in [1.82, 2.24) is 4.90 Å². The van der Waals surface area contributed by atoms with Gasteiger partial charge in [-0.25, -0.2) is 4.79 Å². The van der Waals surface area contributed by atoms with Crippen LogP contribution in [0.3, 0.4) is 0 Å². The first-order chi connectivity index (χ1) is 9.43. The molecule has 20 heavy (non-hydrogen) atoms. The predicted octanol–water partition coefficient (Wildman–Crippen LogP) is 1.42. The number of piperidine rings is 1. The third-order valence-electron chi connectivity index (χ3n) is 3.68. The Morgan fingerprint density at radius 1 is 1.25 bits per heavy atom. The summed E-state index contributed by atoms with van der Waals surface area (Å²) in [5.41, 5.74) is -0.243. The van der Waals surface area contributed by atoms with E-state index in [0.717, 1.165) is 6.42 Å². The van der Waals surface area contributed by atoms with Crippen molar-refractivity contribution < 1.29 is 24.9 Å². The van der Waals surface area contributed by atoms with Gasteiger partial charge in [0, 0.05) is 6.54 Å². The van der Waals surface area contributed by atoms with Crippen LogP contribution in [0.5, 0.6) is 11.5 Å². The van der Waals surface area contributed by atoms with Gasteiger partial charge in [0.1, 0.15) is 23.1 Å². The number of hydrogen-bond donors (Lipinski definition) is 3. The summed E-state index contributed by atoms with van der Waals surface area (Å²) in [5.74, 6) is -2.59. The minimum Gasteiger partial charge on any atom is -0.507 e. The summed E-state index contributed by atoms with van der Waals surface area (Å²) >= 11 is 0. The van der Waals surface area contributed by atoms with E-state index >= 15 is 0 Å². The molecule has 0 radical (unpaired) electrons. The molecule has 0 aliphatic carbocycles. The van der Waals surface area contributed by atoms with Gasteiger partial charge in [0.15, 0.2) is 0 Å². The van der Waals surface area contributed by atoms with Crippen molar-refractivity contribution in [3.8, 4) is 11.5 Å². The van der Waals surface area contributed by atoms with Crippen molar-refractivity contribution in [1.29, 1.82) is 0 Å². The van der Waals surface area contributed by atoms with Crippen molar-refractivity contribution in [3.05, 3.63) is 23.8 Å². The second kappa shape index (κ2) is 5.40. The molecule has 2 atom stereocenters. The van der Waals surface area contributed by atoms with E-state index < -0.39 is 17.9 Å². The van der Waals surface area contributed by atoms with Crippen molar-refractivity contribution in [3.63, 3.8) is 0 Å². The number of amides is 1. The zero-order chi connectivity index (χ0) is 14.9. The zero-order valence-corrected chi connectivity index (χ0v) is 11.1. The van der Waals surface area contributed by atoms with E-state index in [4.69, 9.17) is 0 Å². The van der Waals surface area contributed by atoms with E-state index in [2.05, 4.69) is 0 Å². The Hall–Kier alpha value is -2.24.